The Bertz CT molecular complexity index is 509. The van der Waals surface area contributed by atoms with Crippen LogP contribution >= 0.6 is 11.8 Å². The second-order valence-corrected chi connectivity index (χ2v) is 5.20. The van der Waals surface area contributed by atoms with Crippen LogP contribution in [0.15, 0.2) is 12.3 Å². The average molecular weight is 300 g/mol. The lowest BCUT2D eigenvalue weighted by Crippen LogP contribution is -2.22. The van der Waals surface area contributed by atoms with Gasteiger partial charge in [-0.15, -0.1) is 0 Å². The Balaban J connectivity index is 2.90. The second-order valence-electron chi connectivity index (χ2n) is 4.01. The van der Waals surface area contributed by atoms with Crippen LogP contribution in [0.25, 0.3) is 0 Å². The van der Waals surface area contributed by atoms with Crippen LogP contribution in [0.2, 0.25) is 0 Å². The molecule has 0 aliphatic rings. The summed E-state index contributed by atoms with van der Waals surface area (Å²) in [5.74, 6) is -0.675. The molecule has 1 aromatic rings. The van der Waals surface area contributed by atoms with E-state index >= 15 is 0 Å². The first-order valence-corrected chi connectivity index (χ1v) is 6.68. The first-order chi connectivity index (χ1) is 9.36. The molecule has 8 heteroatoms. The van der Waals surface area contributed by atoms with E-state index in [4.69, 9.17) is 5.73 Å². The van der Waals surface area contributed by atoms with E-state index in [2.05, 4.69) is 9.72 Å². The minimum atomic E-state index is -1.28. The summed E-state index contributed by atoms with van der Waals surface area (Å²) in [4.78, 5) is 26.1. The molecule has 4 N–H and O–H groups in total. The monoisotopic (exact) mass is 300 g/mol. The zero-order valence-corrected chi connectivity index (χ0v) is 11.9. The van der Waals surface area contributed by atoms with Crippen molar-refractivity contribution in [3.8, 4) is 0 Å². The molecular formula is C12H16N2O5S. The Morgan fingerprint density at radius 2 is 2.15 bits per heavy atom. The topological polar surface area (TPSA) is 123 Å². The van der Waals surface area contributed by atoms with Crippen molar-refractivity contribution in [1.82, 2.24) is 4.98 Å². The molecule has 1 aromatic heterocycles. The number of esters is 1. The molecule has 0 radical (unpaired) electrons. The molecule has 7 nitrogen and oxygen atoms in total. The zero-order chi connectivity index (χ0) is 15.3. The Hall–Kier alpha value is -1.64. The molecular weight excluding hydrogens is 284 g/mol. The highest BCUT2D eigenvalue weighted by molar-refractivity contribution is 8.13. The lowest BCUT2D eigenvalue weighted by molar-refractivity contribution is -0.109. The van der Waals surface area contributed by atoms with Gasteiger partial charge in [0.05, 0.1) is 13.2 Å². The molecule has 0 amide bonds. The molecule has 1 rings (SSSR count). The summed E-state index contributed by atoms with van der Waals surface area (Å²) >= 11 is 0.895. The van der Waals surface area contributed by atoms with Crippen LogP contribution in [0.3, 0.4) is 0 Å². The molecule has 0 aliphatic heterocycles. The van der Waals surface area contributed by atoms with E-state index in [1.165, 1.54) is 26.3 Å². The van der Waals surface area contributed by atoms with Crippen LogP contribution in [0, 0.1) is 0 Å². The summed E-state index contributed by atoms with van der Waals surface area (Å²) in [5.41, 5.74) is 5.76. The van der Waals surface area contributed by atoms with Gasteiger partial charge in [-0.2, -0.15) is 0 Å². The largest absolute Gasteiger partial charge is 0.465 e. The van der Waals surface area contributed by atoms with Gasteiger partial charge in [0.2, 0.25) is 0 Å². The number of carbonyl (C=O) groups is 2. The Kier molecular flexibility index (Phi) is 5.93. The van der Waals surface area contributed by atoms with Gasteiger partial charge in [0.25, 0.3) is 0 Å². The van der Waals surface area contributed by atoms with Gasteiger partial charge >= 0.3 is 5.97 Å². The van der Waals surface area contributed by atoms with Crippen LogP contribution < -0.4 is 5.73 Å². The number of nitrogens with zero attached hydrogens (tertiary/aromatic N) is 1. The van der Waals surface area contributed by atoms with E-state index in [1.54, 1.807) is 0 Å². The number of rotatable bonds is 5. The lowest BCUT2D eigenvalue weighted by Gasteiger charge is -2.17. The summed E-state index contributed by atoms with van der Waals surface area (Å²) in [7, 11) is 1.20. The molecule has 1 heterocycles. The predicted molar refractivity (Wildman–Crippen MR) is 74.1 cm³/mol. The number of nitrogens with two attached hydrogens (primary N) is 1. The number of aliphatic hydroxyl groups excluding tert-OH is 2. The van der Waals surface area contributed by atoms with Crippen LogP contribution in [0.5, 0.6) is 0 Å². The number of methoxy groups -OCH3 is 1. The van der Waals surface area contributed by atoms with Gasteiger partial charge < -0.3 is 20.7 Å². The lowest BCUT2D eigenvalue weighted by atomic mass is 10.1. The van der Waals surface area contributed by atoms with Gasteiger partial charge in [0.1, 0.15) is 17.5 Å². The molecule has 0 saturated heterocycles. The number of hydrogen-bond donors (Lipinski definition) is 3. The third-order valence-corrected chi connectivity index (χ3v) is 3.42. The van der Waals surface area contributed by atoms with E-state index < -0.39 is 18.2 Å². The van der Waals surface area contributed by atoms with Crippen molar-refractivity contribution in [3.05, 3.63) is 23.4 Å². The van der Waals surface area contributed by atoms with E-state index in [0.29, 0.717) is 0 Å². The third-order valence-electron chi connectivity index (χ3n) is 2.51. The normalized spacial score (nSPS) is 13.6. The predicted octanol–water partition coefficient (Wildman–Crippen LogP) is 0.124. The minimum absolute atomic E-state index is 0.00970. The summed E-state index contributed by atoms with van der Waals surface area (Å²) in [5, 5.41) is 19.6. The standard InChI is InChI=1S/C12H16N2O5S/c1-6(15)20-5-9(16)10(17)7-3-8(12(18)19-2)11(13)14-4-7/h3-4,9-10,16-17H,5H2,1-2H3,(H2,13,14). The highest BCUT2D eigenvalue weighted by Gasteiger charge is 2.22. The van der Waals surface area contributed by atoms with Gasteiger partial charge in [0.15, 0.2) is 5.12 Å². The fraction of sp³-hybridized carbons (Fsp3) is 0.417. The van der Waals surface area contributed by atoms with Gasteiger partial charge in [-0.25, -0.2) is 9.78 Å². The summed E-state index contributed by atoms with van der Waals surface area (Å²) in [6.07, 6.45) is -1.19. The van der Waals surface area contributed by atoms with Crippen molar-refractivity contribution in [3.63, 3.8) is 0 Å². The van der Waals surface area contributed by atoms with E-state index in [0.717, 1.165) is 11.8 Å². The molecule has 20 heavy (non-hydrogen) atoms. The summed E-state index contributed by atoms with van der Waals surface area (Å²) in [6.45, 7) is 1.36. The van der Waals surface area contributed by atoms with Gasteiger partial charge in [-0.1, -0.05) is 11.8 Å². The maximum Gasteiger partial charge on any atom is 0.341 e. The minimum Gasteiger partial charge on any atom is -0.465 e. The number of thioether (sulfide) groups is 1. The highest BCUT2D eigenvalue weighted by Crippen LogP contribution is 2.22. The quantitative estimate of drug-likeness (QED) is 0.655. The van der Waals surface area contributed by atoms with Crippen molar-refractivity contribution in [2.24, 2.45) is 0 Å². The van der Waals surface area contributed by atoms with Crippen molar-refractivity contribution in [2.45, 2.75) is 19.1 Å². The number of anilines is 1. The van der Waals surface area contributed by atoms with E-state index in [-0.39, 0.29) is 27.8 Å². The number of hydrogen-bond acceptors (Lipinski definition) is 8. The number of ether oxygens (including phenoxy) is 1. The molecule has 0 spiro atoms. The second kappa shape index (κ2) is 7.22. The van der Waals surface area contributed by atoms with E-state index in [1.807, 2.05) is 0 Å². The Morgan fingerprint density at radius 3 is 2.70 bits per heavy atom. The summed E-state index contributed by atoms with van der Waals surface area (Å²) in [6, 6.07) is 1.31. The molecule has 2 unspecified atom stereocenters. The number of aliphatic hydroxyl groups is 2. The van der Waals surface area contributed by atoms with Crippen LogP contribution in [0.4, 0.5) is 5.82 Å². The Morgan fingerprint density at radius 1 is 1.50 bits per heavy atom. The SMILES string of the molecule is COC(=O)c1cc(C(O)C(O)CSC(C)=O)cnc1N. The molecule has 0 saturated carbocycles. The Labute approximate surface area is 120 Å². The number of aromatic nitrogens is 1. The van der Waals surface area contributed by atoms with E-state index in [9.17, 15) is 19.8 Å². The first-order valence-electron chi connectivity index (χ1n) is 5.70. The van der Waals surface area contributed by atoms with Gasteiger partial charge in [-0.3, -0.25) is 4.79 Å². The van der Waals surface area contributed by atoms with Gasteiger partial charge in [0, 0.05) is 24.4 Å². The summed E-state index contributed by atoms with van der Waals surface area (Å²) < 4.78 is 4.54. The smallest absolute Gasteiger partial charge is 0.341 e. The number of nitrogen functional groups attached to an aromatic ring is 1. The third kappa shape index (κ3) is 4.19. The van der Waals surface area contributed by atoms with Crippen molar-refractivity contribution in [2.75, 3.05) is 18.6 Å². The van der Waals surface area contributed by atoms with Crippen molar-refractivity contribution < 1.29 is 24.5 Å². The highest BCUT2D eigenvalue weighted by atomic mass is 32.2. The van der Waals surface area contributed by atoms with Gasteiger partial charge in [-0.05, 0) is 6.07 Å². The maximum atomic E-state index is 11.5. The molecule has 2 atom stereocenters. The average Bonchev–Trinajstić information content (AvgIpc) is 2.43. The molecule has 110 valence electrons. The van der Waals surface area contributed by atoms with Crippen LogP contribution in [-0.2, 0) is 9.53 Å². The number of carbonyl (C=O) groups excluding carboxylic acids is 2. The molecule has 0 aliphatic carbocycles. The molecule has 0 aromatic carbocycles. The molecule has 0 bridgehead atoms. The maximum absolute atomic E-state index is 11.5. The number of pyridine rings is 1. The van der Waals surface area contributed by atoms with Crippen molar-refractivity contribution in [1.29, 1.82) is 0 Å². The first kappa shape index (κ1) is 16.4. The molecule has 0 fully saturated rings. The van der Waals surface area contributed by atoms with Crippen LogP contribution in [0.1, 0.15) is 28.9 Å². The van der Waals surface area contributed by atoms with Crippen molar-refractivity contribution >= 4 is 28.7 Å². The zero-order valence-electron chi connectivity index (χ0n) is 11.1. The fourth-order valence-corrected chi connectivity index (χ4v) is 2.03. The van der Waals surface area contributed by atoms with Crippen LogP contribution in [-0.4, -0.2) is 45.2 Å². The fourth-order valence-electron chi connectivity index (χ4n) is 1.44.